The summed E-state index contributed by atoms with van der Waals surface area (Å²) in [6, 6.07) is 0. The van der Waals surface area contributed by atoms with Gasteiger partial charge in [0.25, 0.3) is 0 Å². The van der Waals surface area contributed by atoms with Gasteiger partial charge in [0.2, 0.25) is 0 Å². The van der Waals surface area contributed by atoms with Crippen LogP contribution in [0.3, 0.4) is 0 Å². The fourth-order valence-electron chi connectivity index (χ4n) is 0.661. The first-order valence-electron chi connectivity index (χ1n) is 4.02. The second kappa shape index (κ2) is 5.48. The van der Waals surface area contributed by atoms with E-state index >= 15 is 0 Å². The van der Waals surface area contributed by atoms with Crippen LogP contribution < -0.4 is 5.73 Å². The molecule has 0 aromatic rings. The lowest BCUT2D eigenvalue weighted by Gasteiger charge is -2.23. The molecule has 4 heteroatoms. The molecule has 12 heavy (non-hydrogen) atoms. The summed E-state index contributed by atoms with van der Waals surface area (Å²) in [5.74, 6) is 0. The zero-order valence-corrected chi connectivity index (χ0v) is 8.04. The molecule has 0 radical (unpaired) electrons. The molecule has 0 aliphatic carbocycles. The van der Waals surface area contributed by atoms with Crippen molar-refractivity contribution < 1.29 is 14.6 Å². The summed E-state index contributed by atoms with van der Waals surface area (Å²) in [4.78, 5) is 0. The Morgan fingerprint density at radius 1 is 1.58 bits per heavy atom. The Kier molecular flexibility index (Phi) is 5.41. The van der Waals surface area contributed by atoms with Crippen molar-refractivity contribution >= 4 is 0 Å². The van der Waals surface area contributed by atoms with E-state index in [2.05, 4.69) is 0 Å². The standard InChI is InChI=1S/C8H19NO3/c1-7(4-11-3)12-6-8(2,9)5-10/h7,10H,4-6,9H2,1-3H3. The molecular weight excluding hydrogens is 158 g/mol. The number of aliphatic hydroxyl groups is 1. The molecule has 0 saturated carbocycles. The Hall–Kier alpha value is -0.160. The first kappa shape index (κ1) is 11.8. The first-order valence-corrected chi connectivity index (χ1v) is 4.02. The number of nitrogens with two attached hydrogens (primary N) is 1. The molecule has 0 amide bonds. The summed E-state index contributed by atoms with van der Waals surface area (Å²) in [5, 5.41) is 8.80. The van der Waals surface area contributed by atoms with Gasteiger partial charge in [0.05, 0.1) is 31.5 Å². The van der Waals surface area contributed by atoms with Gasteiger partial charge in [0.1, 0.15) is 0 Å². The van der Waals surface area contributed by atoms with Gasteiger partial charge in [-0.25, -0.2) is 0 Å². The molecule has 3 N–H and O–H groups in total. The van der Waals surface area contributed by atoms with E-state index < -0.39 is 5.54 Å². The number of ether oxygens (including phenoxy) is 2. The molecular formula is C8H19NO3. The van der Waals surface area contributed by atoms with Gasteiger partial charge >= 0.3 is 0 Å². The van der Waals surface area contributed by atoms with Crippen LogP contribution in [0.15, 0.2) is 0 Å². The average molecular weight is 177 g/mol. The zero-order chi connectivity index (χ0) is 9.61. The molecule has 2 atom stereocenters. The first-order chi connectivity index (χ1) is 5.52. The van der Waals surface area contributed by atoms with Gasteiger partial charge in [-0.15, -0.1) is 0 Å². The second-order valence-electron chi connectivity index (χ2n) is 3.39. The minimum Gasteiger partial charge on any atom is -0.394 e. The summed E-state index contributed by atoms with van der Waals surface area (Å²) in [5.41, 5.74) is 4.99. The summed E-state index contributed by atoms with van der Waals surface area (Å²) in [6.45, 7) is 4.45. The van der Waals surface area contributed by atoms with Gasteiger partial charge in [-0.2, -0.15) is 0 Å². The van der Waals surface area contributed by atoms with E-state index in [0.717, 1.165) is 0 Å². The van der Waals surface area contributed by atoms with Crippen LogP contribution in [0, 0.1) is 0 Å². The van der Waals surface area contributed by atoms with Gasteiger partial charge in [0, 0.05) is 7.11 Å². The van der Waals surface area contributed by atoms with Gasteiger partial charge in [-0.3, -0.25) is 0 Å². The highest BCUT2D eigenvalue weighted by atomic mass is 16.5. The second-order valence-corrected chi connectivity index (χ2v) is 3.39. The van der Waals surface area contributed by atoms with Crippen LogP contribution >= 0.6 is 0 Å². The highest BCUT2D eigenvalue weighted by Gasteiger charge is 2.18. The van der Waals surface area contributed by atoms with Crippen molar-refractivity contribution in [2.75, 3.05) is 26.9 Å². The molecule has 0 aliphatic heterocycles. The smallest absolute Gasteiger partial charge is 0.0781 e. The lowest BCUT2D eigenvalue weighted by Crippen LogP contribution is -2.45. The molecule has 0 saturated heterocycles. The Morgan fingerprint density at radius 2 is 2.17 bits per heavy atom. The van der Waals surface area contributed by atoms with Crippen molar-refractivity contribution in [2.24, 2.45) is 5.73 Å². The molecule has 0 aromatic carbocycles. The van der Waals surface area contributed by atoms with E-state index in [-0.39, 0.29) is 12.7 Å². The third kappa shape index (κ3) is 5.49. The molecule has 0 bridgehead atoms. The van der Waals surface area contributed by atoms with Crippen molar-refractivity contribution in [3.8, 4) is 0 Å². The van der Waals surface area contributed by atoms with Crippen molar-refractivity contribution in [3.05, 3.63) is 0 Å². The van der Waals surface area contributed by atoms with Gasteiger partial charge in [-0.1, -0.05) is 0 Å². The largest absolute Gasteiger partial charge is 0.394 e. The Morgan fingerprint density at radius 3 is 2.58 bits per heavy atom. The Bertz CT molecular complexity index is 117. The van der Waals surface area contributed by atoms with E-state index in [1.165, 1.54) is 0 Å². The Balaban J connectivity index is 3.52. The summed E-state index contributed by atoms with van der Waals surface area (Å²) in [6.07, 6.45) is 0.0180. The van der Waals surface area contributed by atoms with Gasteiger partial charge in [0.15, 0.2) is 0 Å². The van der Waals surface area contributed by atoms with E-state index in [1.54, 1.807) is 14.0 Å². The van der Waals surface area contributed by atoms with Crippen molar-refractivity contribution in [3.63, 3.8) is 0 Å². The molecule has 0 aromatic heterocycles. The third-order valence-corrected chi connectivity index (χ3v) is 1.46. The molecule has 0 heterocycles. The van der Waals surface area contributed by atoms with Crippen LogP contribution in [0.2, 0.25) is 0 Å². The van der Waals surface area contributed by atoms with Crippen LogP contribution in [0.1, 0.15) is 13.8 Å². The van der Waals surface area contributed by atoms with Gasteiger partial charge in [-0.05, 0) is 13.8 Å². The van der Waals surface area contributed by atoms with Crippen LogP contribution in [0.5, 0.6) is 0 Å². The molecule has 4 nitrogen and oxygen atoms in total. The van der Waals surface area contributed by atoms with Crippen molar-refractivity contribution in [2.45, 2.75) is 25.5 Å². The molecule has 2 unspecified atom stereocenters. The molecule has 0 aliphatic rings. The normalized spacial score (nSPS) is 18.8. The molecule has 0 spiro atoms. The van der Waals surface area contributed by atoms with Crippen molar-refractivity contribution in [1.29, 1.82) is 0 Å². The minimum absolute atomic E-state index is 0.0180. The quantitative estimate of drug-likeness (QED) is 0.587. The maximum Gasteiger partial charge on any atom is 0.0781 e. The maximum absolute atomic E-state index is 8.80. The monoisotopic (exact) mass is 177 g/mol. The predicted molar refractivity (Wildman–Crippen MR) is 47.0 cm³/mol. The van der Waals surface area contributed by atoms with Gasteiger partial charge < -0.3 is 20.3 Å². The minimum atomic E-state index is -0.651. The van der Waals surface area contributed by atoms with Crippen LogP contribution in [0.4, 0.5) is 0 Å². The molecule has 0 rings (SSSR count). The van der Waals surface area contributed by atoms with Crippen LogP contribution in [-0.2, 0) is 9.47 Å². The fourth-order valence-corrected chi connectivity index (χ4v) is 0.661. The van der Waals surface area contributed by atoms with Crippen molar-refractivity contribution in [1.82, 2.24) is 0 Å². The predicted octanol–water partition coefficient (Wildman–Crippen LogP) is -0.252. The average Bonchev–Trinajstić information content (AvgIpc) is 2.02. The zero-order valence-electron chi connectivity index (χ0n) is 8.04. The lowest BCUT2D eigenvalue weighted by molar-refractivity contribution is -0.0192. The number of rotatable bonds is 6. The number of hydrogen-bond donors (Lipinski definition) is 2. The topological polar surface area (TPSA) is 64.7 Å². The summed E-state index contributed by atoms with van der Waals surface area (Å²) in [7, 11) is 1.62. The SMILES string of the molecule is COCC(C)OCC(C)(N)CO. The highest BCUT2D eigenvalue weighted by molar-refractivity contribution is 4.76. The fraction of sp³-hybridized carbons (Fsp3) is 1.00. The number of hydrogen-bond acceptors (Lipinski definition) is 4. The summed E-state index contributed by atoms with van der Waals surface area (Å²) >= 11 is 0. The van der Waals surface area contributed by atoms with E-state index in [9.17, 15) is 0 Å². The number of methoxy groups -OCH3 is 1. The number of aliphatic hydroxyl groups excluding tert-OH is 1. The van der Waals surface area contributed by atoms with Crippen LogP contribution in [0.25, 0.3) is 0 Å². The van der Waals surface area contributed by atoms with E-state index in [0.29, 0.717) is 13.2 Å². The van der Waals surface area contributed by atoms with E-state index in [4.69, 9.17) is 20.3 Å². The Labute approximate surface area is 73.7 Å². The maximum atomic E-state index is 8.80. The lowest BCUT2D eigenvalue weighted by atomic mass is 10.1. The van der Waals surface area contributed by atoms with Crippen LogP contribution in [-0.4, -0.2) is 43.7 Å². The highest BCUT2D eigenvalue weighted by Crippen LogP contribution is 2.01. The molecule has 74 valence electrons. The van der Waals surface area contributed by atoms with E-state index in [1.807, 2.05) is 6.92 Å². The summed E-state index contributed by atoms with van der Waals surface area (Å²) < 4.78 is 10.2. The molecule has 0 fully saturated rings. The third-order valence-electron chi connectivity index (χ3n) is 1.46.